The normalized spacial score (nSPS) is 18.4. The van der Waals surface area contributed by atoms with Gasteiger partial charge in [-0.15, -0.1) is 12.6 Å². The number of pyridine rings is 1. The van der Waals surface area contributed by atoms with Crippen LogP contribution in [0, 0.1) is 0 Å². The lowest BCUT2D eigenvalue weighted by molar-refractivity contribution is -0.123. The van der Waals surface area contributed by atoms with Crippen LogP contribution in [0.2, 0.25) is 0 Å². The summed E-state index contributed by atoms with van der Waals surface area (Å²) in [6.45, 7) is 7.37. The van der Waals surface area contributed by atoms with Gasteiger partial charge in [0.05, 0.1) is 18.9 Å². The van der Waals surface area contributed by atoms with Crippen molar-refractivity contribution in [2.45, 2.75) is 37.2 Å². The van der Waals surface area contributed by atoms with Gasteiger partial charge in [-0.1, -0.05) is 0 Å². The van der Waals surface area contributed by atoms with Crippen molar-refractivity contribution < 1.29 is 19.1 Å². The SMILES string of the molecule is CC1(C)C(=O)N(c2ccc(S)cc2)C(=O)N1Cc1ccnc(NC(=O)CCN2CCOCC2)c1. The summed E-state index contributed by atoms with van der Waals surface area (Å²) >= 11 is 4.27. The van der Waals surface area contributed by atoms with Crippen molar-refractivity contribution in [2.24, 2.45) is 0 Å². The quantitative estimate of drug-likeness (QED) is 0.465. The number of rotatable bonds is 7. The molecule has 0 unspecified atom stereocenters. The third-order valence-corrected chi connectivity index (χ3v) is 6.42. The lowest BCUT2D eigenvalue weighted by atomic mass is 10.0. The number of hydrogen-bond donors (Lipinski definition) is 2. The van der Waals surface area contributed by atoms with Crippen LogP contribution in [-0.2, 0) is 20.9 Å². The second kappa shape index (κ2) is 10.1. The first-order valence-electron chi connectivity index (χ1n) is 11.3. The fourth-order valence-electron chi connectivity index (χ4n) is 4.04. The number of nitrogens with one attached hydrogen (secondary N) is 1. The Labute approximate surface area is 204 Å². The molecule has 0 spiro atoms. The van der Waals surface area contributed by atoms with Crippen LogP contribution in [0.4, 0.5) is 16.3 Å². The van der Waals surface area contributed by atoms with Gasteiger partial charge in [0.1, 0.15) is 11.4 Å². The van der Waals surface area contributed by atoms with Crippen LogP contribution in [-0.4, -0.2) is 71.0 Å². The summed E-state index contributed by atoms with van der Waals surface area (Å²) in [5.41, 5.74) is 0.244. The Bertz CT molecular complexity index is 1070. The highest BCUT2D eigenvalue weighted by Gasteiger charge is 2.51. The van der Waals surface area contributed by atoms with Crippen molar-refractivity contribution >= 4 is 42.0 Å². The summed E-state index contributed by atoms with van der Waals surface area (Å²) in [5, 5.41) is 2.83. The standard InChI is InChI=1S/C24H29N5O4S/c1-24(2)22(31)29(18-3-5-19(34)6-4-18)23(32)28(24)16-17-7-9-25-20(15-17)26-21(30)8-10-27-11-13-33-14-12-27/h3-7,9,15,34H,8,10-14,16H2,1-2H3,(H,25,26,30). The van der Waals surface area contributed by atoms with Gasteiger partial charge < -0.3 is 15.0 Å². The number of imide groups is 1. The van der Waals surface area contributed by atoms with E-state index in [1.165, 1.54) is 9.80 Å². The minimum atomic E-state index is -1.03. The van der Waals surface area contributed by atoms with Crippen LogP contribution in [0.3, 0.4) is 0 Å². The molecule has 4 rings (SSSR count). The van der Waals surface area contributed by atoms with E-state index in [2.05, 4.69) is 27.8 Å². The summed E-state index contributed by atoms with van der Waals surface area (Å²) < 4.78 is 5.33. The number of urea groups is 1. The summed E-state index contributed by atoms with van der Waals surface area (Å²) in [7, 11) is 0. The number of ether oxygens (including phenoxy) is 1. The molecule has 1 aromatic heterocycles. The second-order valence-electron chi connectivity index (χ2n) is 8.89. The van der Waals surface area contributed by atoms with Crippen molar-refractivity contribution in [3.8, 4) is 0 Å². The molecule has 2 aromatic rings. The topological polar surface area (TPSA) is 95.1 Å². The van der Waals surface area contributed by atoms with Crippen LogP contribution in [0.1, 0.15) is 25.8 Å². The molecule has 180 valence electrons. The molecule has 1 aromatic carbocycles. The number of anilines is 2. The first-order valence-corrected chi connectivity index (χ1v) is 11.7. The molecule has 10 heteroatoms. The third kappa shape index (κ3) is 5.24. The van der Waals surface area contributed by atoms with Gasteiger partial charge >= 0.3 is 6.03 Å². The number of amides is 4. The monoisotopic (exact) mass is 483 g/mol. The number of nitrogens with zero attached hydrogens (tertiary/aromatic N) is 4. The molecular formula is C24H29N5O4S. The summed E-state index contributed by atoms with van der Waals surface area (Å²) in [5.74, 6) is -0.000649. The Kier molecular flexibility index (Phi) is 7.20. The zero-order valence-electron chi connectivity index (χ0n) is 19.4. The van der Waals surface area contributed by atoms with Crippen LogP contribution in [0.25, 0.3) is 0 Å². The molecule has 3 heterocycles. The number of hydrogen-bond acceptors (Lipinski definition) is 7. The molecule has 4 amide bonds. The lowest BCUT2D eigenvalue weighted by Gasteiger charge is -2.27. The van der Waals surface area contributed by atoms with Crippen molar-refractivity contribution in [1.82, 2.24) is 14.8 Å². The zero-order chi connectivity index (χ0) is 24.3. The molecule has 0 aliphatic carbocycles. The molecule has 2 fully saturated rings. The van der Waals surface area contributed by atoms with Crippen LogP contribution in [0.15, 0.2) is 47.5 Å². The predicted octanol–water partition coefficient (Wildman–Crippen LogP) is 2.78. The summed E-state index contributed by atoms with van der Waals surface area (Å²) in [6.07, 6.45) is 1.95. The van der Waals surface area contributed by atoms with E-state index in [0.717, 1.165) is 23.5 Å². The number of thiol groups is 1. The van der Waals surface area contributed by atoms with Crippen molar-refractivity contribution in [3.63, 3.8) is 0 Å². The van der Waals surface area contributed by atoms with Crippen LogP contribution < -0.4 is 10.2 Å². The molecule has 0 bridgehead atoms. The first kappa shape index (κ1) is 24.2. The van der Waals surface area contributed by atoms with E-state index in [-0.39, 0.29) is 18.4 Å². The van der Waals surface area contributed by atoms with Crippen LogP contribution >= 0.6 is 12.6 Å². The Balaban J connectivity index is 1.42. The number of carbonyl (C=O) groups is 3. The number of carbonyl (C=O) groups excluding carboxylic acids is 3. The Morgan fingerprint density at radius 1 is 1.15 bits per heavy atom. The minimum absolute atomic E-state index is 0.122. The molecule has 0 atom stereocenters. The third-order valence-electron chi connectivity index (χ3n) is 6.12. The van der Waals surface area contributed by atoms with Crippen LogP contribution in [0.5, 0.6) is 0 Å². The second-order valence-corrected chi connectivity index (χ2v) is 9.40. The van der Waals surface area contributed by atoms with E-state index < -0.39 is 11.6 Å². The van der Waals surface area contributed by atoms with Gasteiger partial charge in [-0.25, -0.2) is 14.7 Å². The lowest BCUT2D eigenvalue weighted by Crippen LogP contribution is -2.43. The van der Waals surface area contributed by atoms with Gasteiger partial charge in [0.15, 0.2) is 0 Å². The molecule has 1 N–H and O–H groups in total. The highest BCUT2D eigenvalue weighted by molar-refractivity contribution is 7.80. The molecule has 34 heavy (non-hydrogen) atoms. The minimum Gasteiger partial charge on any atom is -0.379 e. The molecule has 9 nitrogen and oxygen atoms in total. The largest absolute Gasteiger partial charge is 0.379 e. The predicted molar refractivity (Wildman–Crippen MR) is 131 cm³/mol. The maximum atomic E-state index is 13.2. The van der Waals surface area contributed by atoms with Gasteiger partial charge in [0, 0.05) is 43.7 Å². The highest BCUT2D eigenvalue weighted by Crippen LogP contribution is 2.33. The van der Waals surface area contributed by atoms with Gasteiger partial charge in [0.2, 0.25) is 5.91 Å². The molecule has 2 aliphatic heterocycles. The number of morpholine rings is 1. The first-order chi connectivity index (χ1) is 16.3. The molecule has 2 saturated heterocycles. The zero-order valence-corrected chi connectivity index (χ0v) is 20.3. The van der Waals surface area contributed by atoms with E-state index in [1.54, 1.807) is 56.4 Å². The fraction of sp³-hybridized carbons (Fsp3) is 0.417. The van der Waals surface area contributed by atoms with Gasteiger partial charge in [0.25, 0.3) is 5.91 Å². The summed E-state index contributed by atoms with van der Waals surface area (Å²) in [6, 6.07) is 10.0. The smallest absolute Gasteiger partial charge is 0.332 e. The Hall–Kier alpha value is -2.95. The van der Waals surface area contributed by atoms with Gasteiger partial charge in [-0.3, -0.25) is 14.5 Å². The average molecular weight is 484 g/mol. The summed E-state index contributed by atoms with van der Waals surface area (Å²) in [4.78, 5) is 48.6. The fourth-order valence-corrected chi connectivity index (χ4v) is 4.19. The molecule has 0 saturated carbocycles. The van der Waals surface area contributed by atoms with Crippen molar-refractivity contribution in [3.05, 3.63) is 48.2 Å². The van der Waals surface area contributed by atoms with Crippen molar-refractivity contribution in [2.75, 3.05) is 43.1 Å². The van der Waals surface area contributed by atoms with E-state index >= 15 is 0 Å². The molecule has 0 radical (unpaired) electrons. The maximum absolute atomic E-state index is 13.2. The van der Waals surface area contributed by atoms with E-state index in [0.29, 0.717) is 37.7 Å². The number of benzene rings is 1. The van der Waals surface area contributed by atoms with Crippen molar-refractivity contribution in [1.29, 1.82) is 0 Å². The highest BCUT2D eigenvalue weighted by atomic mass is 32.1. The molecular weight excluding hydrogens is 454 g/mol. The molecule has 2 aliphatic rings. The van der Waals surface area contributed by atoms with E-state index in [1.807, 2.05) is 0 Å². The van der Waals surface area contributed by atoms with E-state index in [9.17, 15) is 14.4 Å². The average Bonchev–Trinajstić information content (AvgIpc) is 2.99. The Morgan fingerprint density at radius 3 is 2.56 bits per heavy atom. The van der Waals surface area contributed by atoms with Gasteiger partial charge in [-0.05, 0) is 55.8 Å². The van der Waals surface area contributed by atoms with Gasteiger partial charge in [-0.2, -0.15) is 0 Å². The maximum Gasteiger partial charge on any atom is 0.332 e. The Morgan fingerprint density at radius 2 is 1.85 bits per heavy atom. The van der Waals surface area contributed by atoms with E-state index in [4.69, 9.17) is 4.74 Å². The number of aromatic nitrogens is 1.